The van der Waals surface area contributed by atoms with Gasteiger partial charge in [-0.05, 0) is 25.1 Å². The molecule has 0 unspecified atom stereocenters. The first-order chi connectivity index (χ1) is 12.6. The van der Waals surface area contributed by atoms with E-state index < -0.39 is 11.9 Å². The second-order valence-electron chi connectivity index (χ2n) is 5.35. The highest BCUT2D eigenvalue weighted by Gasteiger charge is 2.25. The third-order valence-electron chi connectivity index (χ3n) is 3.65. The number of fused-ring (bicyclic) bond motifs is 1. The number of rotatable bonds is 4. The molecule has 0 N–H and O–H groups in total. The smallest absolute Gasteiger partial charge is 0.360 e. The van der Waals surface area contributed by atoms with E-state index in [0.29, 0.717) is 10.9 Å². The number of para-hydroxylation sites is 1. The van der Waals surface area contributed by atoms with Gasteiger partial charge in [0.05, 0.1) is 12.1 Å². The van der Waals surface area contributed by atoms with Crippen LogP contribution in [-0.4, -0.2) is 28.1 Å². The molecule has 0 fully saturated rings. The van der Waals surface area contributed by atoms with E-state index in [2.05, 4.69) is 4.98 Å². The normalized spacial score (nSPS) is 10.3. The first-order valence-corrected chi connectivity index (χ1v) is 7.93. The molecule has 130 valence electrons. The fraction of sp³-hybridized carbons (Fsp3) is 0.158. The molecule has 26 heavy (non-hydrogen) atoms. The van der Waals surface area contributed by atoms with Crippen LogP contribution in [0.25, 0.3) is 16.6 Å². The number of pyridine rings is 1. The van der Waals surface area contributed by atoms with Gasteiger partial charge in [-0.1, -0.05) is 18.2 Å². The molecule has 0 radical (unpaired) electrons. The molecule has 3 rings (SSSR count). The molecule has 1 aromatic carbocycles. The topological polar surface area (TPSA) is 94.2 Å². The van der Waals surface area contributed by atoms with Gasteiger partial charge in [-0.3, -0.25) is 4.79 Å². The lowest BCUT2D eigenvalue weighted by Gasteiger charge is -2.12. The number of aromatic nitrogens is 2. The Bertz CT molecular complexity index is 1030. The number of ether oxygens (including phenoxy) is 2. The first-order valence-electron chi connectivity index (χ1n) is 7.93. The van der Waals surface area contributed by atoms with Crippen molar-refractivity contribution < 1.29 is 19.1 Å². The van der Waals surface area contributed by atoms with Crippen LogP contribution in [0.2, 0.25) is 0 Å². The van der Waals surface area contributed by atoms with Crippen LogP contribution in [0, 0.1) is 11.3 Å². The van der Waals surface area contributed by atoms with Gasteiger partial charge in [-0.2, -0.15) is 5.26 Å². The maximum absolute atomic E-state index is 12.2. The summed E-state index contributed by atoms with van der Waals surface area (Å²) in [6.45, 7) is 3.01. The molecule has 0 aliphatic heterocycles. The van der Waals surface area contributed by atoms with Gasteiger partial charge < -0.3 is 14.0 Å². The second kappa shape index (κ2) is 7.07. The predicted octanol–water partition coefficient (Wildman–Crippen LogP) is 3.00. The number of hydrogen-bond acceptors (Lipinski definition) is 6. The minimum atomic E-state index is -0.755. The van der Waals surface area contributed by atoms with Gasteiger partial charge in [-0.15, -0.1) is 0 Å². The highest BCUT2D eigenvalue weighted by Crippen LogP contribution is 2.33. The standard InChI is InChI=1S/C19H15N3O4/c1-3-25-19(24)16-18(26-12(2)23)14-9-10-22(13-7-5-4-6-8-13)17(14)15(11-20)21-16/h4-10H,3H2,1-2H3. The molecule has 0 saturated carbocycles. The molecule has 0 spiro atoms. The van der Waals surface area contributed by atoms with Gasteiger partial charge in [0.25, 0.3) is 0 Å². The monoisotopic (exact) mass is 349 g/mol. The van der Waals surface area contributed by atoms with Gasteiger partial charge >= 0.3 is 11.9 Å². The van der Waals surface area contributed by atoms with Gasteiger partial charge in [0, 0.05) is 24.2 Å². The van der Waals surface area contributed by atoms with Crippen molar-refractivity contribution in [2.75, 3.05) is 6.61 Å². The van der Waals surface area contributed by atoms with Gasteiger partial charge in [0.1, 0.15) is 6.07 Å². The number of hydrogen-bond donors (Lipinski definition) is 0. The summed E-state index contributed by atoms with van der Waals surface area (Å²) in [7, 11) is 0. The summed E-state index contributed by atoms with van der Waals surface area (Å²) in [4.78, 5) is 27.9. The molecule has 2 aromatic heterocycles. The lowest BCUT2D eigenvalue weighted by Crippen LogP contribution is -2.14. The zero-order chi connectivity index (χ0) is 18.7. The largest absolute Gasteiger partial charge is 0.461 e. The molecule has 7 heteroatoms. The molecule has 0 atom stereocenters. The second-order valence-corrected chi connectivity index (χ2v) is 5.35. The van der Waals surface area contributed by atoms with Crippen LogP contribution in [0.3, 0.4) is 0 Å². The lowest BCUT2D eigenvalue weighted by atomic mass is 10.2. The molecule has 0 aliphatic rings. The highest BCUT2D eigenvalue weighted by atomic mass is 16.5. The van der Waals surface area contributed by atoms with Crippen molar-refractivity contribution in [3.05, 3.63) is 54.0 Å². The third kappa shape index (κ3) is 3.00. The van der Waals surface area contributed by atoms with E-state index in [4.69, 9.17) is 9.47 Å². The molecular weight excluding hydrogens is 334 g/mol. The van der Waals surface area contributed by atoms with Gasteiger partial charge in [0.15, 0.2) is 17.1 Å². The summed E-state index contributed by atoms with van der Waals surface area (Å²) < 4.78 is 12.0. The Hall–Kier alpha value is -3.66. The summed E-state index contributed by atoms with van der Waals surface area (Å²) in [6, 6.07) is 13.0. The van der Waals surface area contributed by atoms with Crippen LogP contribution in [0.1, 0.15) is 30.0 Å². The van der Waals surface area contributed by atoms with Gasteiger partial charge in [-0.25, -0.2) is 9.78 Å². The van der Waals surface area contributed by atoms with E-state index in [0.717, 1.165) is 5.69 Å². The number of carbonyl (C=O) groups is 2. The van der Waals surface area contributed by atoms with Crippen LogP contribution in [-0.2, 0) is 9.53 Å². The van der Waals surface area contributed by atoms with Crippen molar-refractivity contribution in [2.24, 2.45) is 0 Å². The fourth-order valence-electron chi connectivity index (χ4n) is 2.67. The maximum Gasteiger partial charge on any atom is 0.360 e. The zero-order valence-electron chi connectivity index (χ0n) is 14.2. The van der Waals surface area contributed by atoms with Crippen LogP contribution >= 0.6 is 0 Å². The van der Waals surface area contributed by atoms with E-state index in [-0.39, 0.29) is 23.7 Å². The lowest BCUT2D eigenvalue weighted by molar-refractivity contribution is -0.131. The van der Waals surface area contributed by atoms with Crippen molar-refractivity contribution in [1.29, 1.82) is 5.26 Å². The Morgan fingerprint density at radius 1 is 1.23 bits per heavy atom. The summed E-state index contributed by atoms with van der Waals surface area (Å²) >= 11 is 0. The van der Waals surface area contributed by atoms with E-state index in [1.807, 2.05) is 36.4 Å². The molecule has 0 saturated heterocycles. The third-order valence-corrected chi connectivity index (χ3v) is 3.65. The number of carbonyl (C=O) groups excluding carboxylic acids is 2. The number of nitriles is 1. The van der Waals surface area contributed by atoms with Crippen molar-refractivity contribution in [3.8, 4) is 17.5 Å². The SMILES string of the molecule is CCOC(=O)c1nc(C#N)c2c(ccn2-c2ccccc2)c1OC(C)=O. The summed E-state index contributed by atoms with van der Waals surface area (Å²) in [5.41, 5.74) is 1.09. The van der Waals surface area contributed by atoms with Crippen LogP contribution in [0.4, 0.5) is 0 Å². The van der Waals surface area contributed by atoms with Crippen LogP contribution in [0.15, 0.2) is 42.6 Å². The van der Waals surface area contributed by atoms with Crippen LogP contribution < -0.4 is 4.74 Å². The molecule has 0 aliphatic carbocycles. The van der Waals surface area contributed by atoms with Crippen molar-refractivity contribution in [2.45, 2.75) is 13.8 Å². The van der Waals surface area contributed by atoms with E-state index in [9.17, 15) is 14.9 Å². The summed E-state index contributed by atoms with van der Waals surface area (Å²) in [6.07, 6.45) is 1.73. The highest BCUT2D eigenvalue weighted by molar-refractivity contribution is 6.02. The number of nitrogens with zero attached hydrogens (tertiary/aromatic N) is 3. The Labute approximate surface area is 149 Å². The minimum Gasteiger partial charge on any atom is -0.461 e. The Balaban J connectivity index is 2.34. The molecule has 0 bridgehead atoms. The van der Waals surface area contributed by atoms with Crippen LogP contribution in [0.5, 0.6) is 5.75 Å². The van der Waals surface area contributed by atoms with Crippen molar-refractivity contribution in [1.82, 2.24) is 9.55 Å². The maximum atomic E-state index is 12.2. The molecular formula is C19H15N3O4. The van der Waals surface area contributed by atoms with E-state index in [1.54, 1.807) is 23.8 Å². The first kappa shape index (κ1) is 17.2. The summed E-state index contributed by atoms with van der Waals surface area (Å²) in [5.74, 6) is -1.37. The molecule has 3 aromatic rings. The Morgan fingerprint density at radius 2 is 1.96 bits per heavy atom. The average Bonchev–Trinajstić information content (AvgIpc) is 3.08. The number of esters is 2. The molecule has 2 heterocycles. The zero-order valence-corrected chi connectivity index (χ0v) is 14.2. The van der Waals surface area contributed by atoms with E-state index in [1.165, 1.54) is 6.92 Å². The predicted molar refractivity (Wildman–Crippen MR) is 93.1 cm³/mol. The van der Waals surface area contributed by atoms with Gasteiger partial charge in [0.2, 0.25) is 0 Å². The average molecular weight is 349 g/mol. The number of benzene rings is 1. The summed E-state index contributed by atoms with van der Waals surface area (Å²) in [5, 5.41) is 9.98. The van der Waals surface area contributed by atoms with E-state index >= 15 is 0 Å². The quantitative estimate of drug-likeness (QED) is 0.672. The Kier molecular flexibility index (Phi) is 4.67. The Morgan fingerprint density at radius 3 is 2.58 bits per heavy atom. The minimum absolute atomic E-state index is 0.0142. The fourth-order valence-corrected chi connectivity index (χ4v) is 2.67. The van der Waals surface area contributed by atoms with Crippen molar-refractivity contribution in [3.63, 3.8) is 0 Å². The molecule has 7 nitrogen and oxygen atoms in total. The molecule has 0 amide bonds. The van der Waals surface area contributed by atoms with Crippen molar-refractivity contribution >= 4 is 22.8 Å².